The van der Waals surface area contributed by atoms with Crippen molar-refractivity contribution >= 4 is 34.7 Å². The molecular formula is C20H21N5O3. The smallest absolute Gasteiger partial charge is 0.337 e. The molecule has 3 aromatic rings. The van der Waals surface area contributed by atoms with Crippen LogP contribution in [0.3, 0.4) is 0 Å². The molecule has 0 saturated heterocycles. The molecule has 0 saturated carbocycles. The van der Waals surface area contributed by atoms with Gasteiger partial charge >= 0.3 is 5.97 Å². The normalized spacial score (nSPS) is 10.2. The lowest BCUT2D eigenvalue weighted by Gasteiger charge is -2.15. The van der Waals surface area contributed by atoms with E-state index in [4.69, 9.17) is 15.2 Å². The number of hydrogen-bond acceptors (Lipinski definition) is 8. The SMILES string of the molecule is COC(=O)c1ccc(Nc2ncnc(Nc3cc(C)ccc3OC)c2N)cc1. The number of nitrogens with zero attached hydrogens (tertiary/aromatic N) is 2. The van der Waals surface area contributed by atoms with E-state index < -0.39 is 5.97 Å². The zero-order valence-electron chi connectivity index (χ0n) is 15.8. The molecule has 0 aliphatic carbocycles. The second-order valence-electron chi connectivity index (χ2n) is 6.01. The van der Waals surface area contributed by atoms with Crippen LogP contribution in [0.5, 0.6) is 5.75 Å². The largest absolute Gasteiger partial charge is 0.495 e. The number of rotatable bonds is 6. The quantitative estimate of drug-likeness (QED) is 0.557. The molecule has 0 unspecified atom stereocenters. The second-order valence-corrected chi connectivity index (χ2v) is 6.01. The average molecular weight is 379 g/mol. The molecule has 2 aromatic carbocycles. The van der Waals surface area contributed by atoms with Crippen molar-refractivity contribution in [3.63, 3.8) is 0 Å². The average Bonchev–Trinajstić information content (AvgIpc) is 2.71. The fraction of sp³-hybridized carbons (Fsp3) is 0.150. The summed E-state index contributed by atoms with van der Waals surface area (Å²) >= 11 is 0. The Morgan fingerprint density at radius 1 is 1.00 bits per heavy atom. The standard InChI is InChI=1S/C20H21N5O3/c1-12-4-9-16(27-2)15(10-12)25-19-17(21)18(22-11-23-19)24-14-7-5-13(6-8-14)20(26)28-3/h4-11H,21H2,1-3H3,(H2,22,23,24,25). The third-order valence-electron chi connectivity index (χ3n) is 4.06. The fourth-order valence-corrected chi connectivity index (χ4v) is 2.59. The molecule has 0 fully saturated rings. The van der Waals surface area contributed by atoms with Crippen LogP contribution in [0.25, 0.3) is 0 Å². The zero-order valence-corrected chi connectivity index (χ0v) is 15.8. The molecular weight excluding hydrogens is 358 g/mol. The van der Waals surface area contributed by atoms with Crippen LogP contribution in [0.4, 0.5) is 28.7 Å². The molecule has 1 aromatic heterocycles. The number of nitrogens with one attached hydrogen (secondary N) is 2. The lowest BCUT2D eigenvalue weighted by atomic mass is 10.2. The van der Waals surface area contributed by atoms with Crippen molar-refractivity contribution in [1.82, 2.24) is 9.97 Å². The molecule has 0 atom stereocenters. The summed E-state index contributed by atoms with van der Waals surface area (Å²) in [6.45, 7) is 1.99. The number of ether oxygens (including phenoxy) is 2. The van der Waals surface area contributed by atoms with Gasteiger partial charge in [-0.15, -0.1) is 0 Å². The minimum atomic E-state index is -0.397. The van der Waals surface area contributed by atoms with Gasteiger partial charge in [0, 0.05) is 5.69 Å². The van der Waals surface area contributed by atoms with Gasteiger partial charge in [-0.3, -0.25) is 0 Å². The number of benzene rings is 2. The summed E-state index contributed by atoms with van der Waals surface area (Å²) < 4.78 is 10.1. The van der Waals surface area contributed by atoms with E-state index in [1.807, 2.05) is 25.1 Å². The van der Waals surface area contributed by atoms with Gasteiger partial charge in [0.15, 0.2) is 11.6 Å². The number of esters is 1. The molecule has 3 rings (SSSR count). The van der Waals surface area contributed by atoms with Crippen LogP contribution in [0.2, 0.25) is 0 Å². The van der Waals surface area contributed by atoms with E-state index in [0.717, 1.165) is 16.9 Å². The molecule has 8 heteroatoms. The minimum Gasteiger partial charge on any atom is -0.495 e. The van der Waals surface area contributed by atoms with Crippen molar-refractivity contribution in [3.05, 3.63) is 59.9 Å². The Hall–Kier alpha value is -3.81. The third-order valence-corrected chi connectivity index (χ3v) is 4.06. The number of carbonyl (C=O) groups excluding carboxylic acids is 1. The maximum Gasteiger partial charge on any atom is 0.337 e. The Balaban J connectivity index is 1.83. The van der Waals surface area contributed by atoms with Crippen LogP contribution in [-0.2, 0) is 4.74 Å². The summed E-state index contributed by atoms with van der Waals surface area (Å²) in [5, 5.41) is 6.31. The van der Waals surface area contributed by atoms with Crippen molar-refractivity contribution in [3.8, 4) is 5.75 Å². The highest BCUT2D eigenvalue weighted by atomic mass is 16.5. The second kappa shape index (κ2) is 8.26. The van der Waals surface area contributed by atoms with Crippen molar-refractivity contribution in [2.75, 3.05) is 30.6 Å². The minimum absolute atomic E-state index is 0.350. The van der Waals surface area contributed by atoms with E-state index in [9.17, 15) is 4.79 Å². The summed E-state index contributed by atoms with van der Waals surface area (Å²) in [7, 11) is 2.94. The zero-order chi connectivity index (χ0) is 20.1. The van der Waals surface area contributed by atoms with E-state index in [2.05, 4.69) is 20.6 Å². The number of hydrogen-bond donors (Lipinski definition) is 3. The van der Waals surface area contributed by atoms with Crippen molar-refractivity contribution in [2.45, 2.75) is 6.92 Å². The summed E-state index contributed by atoms with van der Waals surface area (Å²) in [5.74, 6) is 1.17. The lowest BCUT2D eigenvalue weighted by Crippen LogP contribution is -2.06. The van der Waals surface area contributed by atoms with Crippen LogP contribution >= 0.6 is 0 Å². The first-order chi connectivity index (χ1) is 13.5. The Labute approximate surface area is 162 Å². The van der Waals surface area contributed by atoms with E-state index in [-0.39, 0.29) is 0 Å². The number of anilines is 5. The van der Waals surface area contributed by atoms with Gasteiger partial charge in [0.2, 0.25) is 0 Å². The van der Waals surface area contributed by atoms with E-state index in [1.54, 1.807) is 31.4 Å². The molecule has 0 radical (unpaired) electrons. The predicted octanol–water partition coefficient (Wildman–Crippen LogP) is 3.65. The van der Waals surface area contributed by atoms with Crippen LogP contribution in [0.15, 0.2) is 48.8 Å². The highest BCUT2D eigenvalue weighted by Gasteiger charge is 2.12. The van der Waals surface area contributed by atoms with Gasteiger partial charge in [-0.1, -0.05) is 6.07 Å². The number of nitrogen functional groups attached to an aromatic ring is 1. The van der Waals surface area contributed by atoms with Crippen LogP contribution in [0.1, 0.15) is 15.9 Å². The topological polar surface area (TPSA) is 111 Å². The number of aromatic nitrogens is 2. The maximum absolute atomic E-state index is 11.5. The Morgan fingerprint density at radius 2 is 1.68 bits per heavy atom. The third kappa shape index (κ3) is 4.12. The summed E-state index contributed by atoms with van der Waals surface area (Å²) in [6.07, 6.45) is 1.41. The Morgan fingerprint density at radius 3 is 2.32 bits per heavy atom. The Kier molecular flexibility index (Phi) is 5.59. The first-order valence-electron chi connectivity index (χ1n) is 8.49. The first-order valence-corrected chi connectivity index (χ1v) is 8.49. The van der Waals surface area contributed by atoms with Gasteiger partial charge in [-0.05, 0) is 48.9 Å². The number of nitrogens with two attached hydrogens (primary N) is 1. The van der Waals surface area contributed by atoms with Gasteiger partial charge < -0.3 is 25.8 Å². The maximum atomic E-state index is 11.5. The highest BCUT2D eigenvalue weighted by Crippen LogP contribution is 2.32. The van der Waals surface area contributed by atoms with E-state index >= 15 is 0 Å². The van der Waals surface area contributed by atoms with Crippen LogP contribution in [0, 0.1) is 6.92 Å². The number of aryl methyl sites for hydroxylation is 1. The predicted molar refractivity (Wildman–Crippen MR) is 109 cm³/mol. The molecule has 0 bridgehead atoms. The molecule has 0 aliphatic heterocycles. The van der Waals surface area contributed by atoms with Crippen molar-refractivity contribution < 1.29 is 14.3 Å². The molecule has 8 nitrogen and oxygen atoms in total. The Bertz CT molecular complexity index is 990. The van der Waals surface area contributed by atoms with Crippen molar-refractivity contribution in [2.24, 2.45) is 0 Å². The van der Waals surface area contributed by atoms with E-state index in [0.29, 0.717) is 28.6 Å². The molecule has 1 heterocycles. The number of carbonyl (C=O) groups is 1. The molecule has 0 amide bonds. The number of methoxy groups -OCH3 is 2. The van der Waals surface area contributed by atoms with Gasteiger partial charge in [-0.25, -0.2) is 14.8 Å². The van der Waals surface area contributed by atoms with Crippen molar-refractivity contribution in [1.29, 1.82) is 0 Å². The fourth-order valence-electron chi connectivity index (χ4n) is 2.59. The van der Waals surface area contributed by atoms with Gasteiger partial charge in [0.1, 0.15) is 17.8 Å². The lowest BCUT2D eigenvalue weighted by molar-refractivity contribution is 0.0601. The summed E-state index contributed by atoms with van der Waals surface area (Å²) in [4.78, 5) is 20.0. The molecule has 0 spiro atoms. The summed E-state index contributed by atoms with van der Waals surface area (Å²) in [5.41, 5.74) is 9.59. The summed E-state index contributed by atoms with van der Waals surface area (Å²) in [6, 6.07) is 12.6. The van der Waals surface area contributed by atoms with Crippen LogP contribution < -0.4 is 21.1 Å². The molecule has 28 heavy (non-hydrogen) atoms. The monoisotopic (exact) mass is 379 g/mol. The van der Waals surface area contributed by atoms with Crippen LogP contribution in [-0.4, -0.2) is 30.2 Å². The molecule has 144 valence electrons. The molecule has 4 N–H and O–H groups in total. The van der Waals surface area contributed by atoms with Gasteiger partial charge in [0.25, 0.3) is 0 Å². The highest BCUT2D eigenvalue weighted by molar-refractivity contribution is 5.90. The first kappa shape index (κ1) is 19.0. The van der Waals surface area contributed by atoms with E-state index in [1.165, 1.54) is 13.4 Å². The van der Waals surface area contributed by atoms with Gasteiger partial charge in [0.05, 0.1) is 25.5 Å². The van der Waals surface area contributed by atoms with Gasteiger partial charge in [-0.2, -0.15) is 0 Å². The molecule has 0 aliphatic rings.